The summed E-state index contributed by atoms with van der Waals surface area (Å²) in [5.41, 5.74) is 1.35. The molecule has 1 aromatic carbocycles. The van der Waals surface area contributed by atoms with E-state index in [4.69, 9.17) is 0 Å². The summed E-state index contributed by atoms with van der Waals surface area (Å²) >= 11 is 0. The lowest BCUT2D eigenvalue weighted by molar-refractivity contribution is -0.157. The number of carbonyl (C=O) groups excluding carboxylic acids is 2. The van der Waals surface area contributed by atoms with Crippen LogP contribution in [0.1, 0.15) is 6.42 Å². The highest BCUT2D eigenvalue weighted by atomic mass is 19.4. The van der Waals surface area contributed by atoms with E-state index in [-0.39, 0.29) is 13.0 Å². The van der Waals surface area contributed by atoms with Crippen molar-refractivity contribution in [3.05, 3.63) is 24.3 Å². The van der Waals surface area contributed by atoms with Crippen LogP contribution < -0.4 is 15.5 Å². The number of alkyl halides is 3. The average Bonchev–Trinajstić information content (AvgIpc) is 2.76. The van der Waals surface area contributed by atoms with Gasteiger partial charge in [0.15, 0.2) is 0 Å². The van der Waals surface area contributed by atoms with Crippen molar-refractivity contribution in [1.82, 2.24) is 10.2 Å². The molecular formula is C15H19F3N4O2. The molecule has 0 radical (unpaired) electrons. The maximum Gasteiger partial charge on any atom is 0.406 e. The summed E-state index contributed by atoms with van der Waals surface area (Å²) in [5.74, 6) is -0.619. The third-order valence-corrected chi connectivity index (χ3v) is 3.55. The Morgan fingerprint density at radius 3 is 2.62 bits per heavy atom. The van der Waals surface area contributed by atoms with Crippen molar-refractivity contribution in [2.24, 2.45) is 0 Å². The van der Waals surface area contributed by atoms with Gasteiger partial charge in [0.25, 0.3) is 0 Å². The molecule has 2 rings (SSSR count). The van der Waals surface area contributed by atoms with Crippen LogP contribution in [0.2, 0.25) is 0 Å². The highest BCUT2D eigenvalue weighted by molar-refractivity contribution is 5.94. The number of urea groups is 1. The zero-order valence-corrected chi connectivity index (χ0v) is 13.4. The predicted octanol–water partition coefficient (Wildman–Crippen LogP) is 2.04. The van der Waals surface area contributed by atoms with Crippen molar-refractivity contribution in [2.75, 3.05) is 37.4 Å². The van der Waals surface area contributed by atoms with E-state index >= 15 is 0 Å². The summed E-state index contributed by atoms with van der Waals surface area (Å²) in [6, 6.07) is 5.91. The van der Waals surface area contributed by atoms with Gasteiger partial charge in [-0.25, -0.2) is 4.79 Å². The molecule has 132 valence electrons. The van der Waals surface area contributed by atoms with Gasteiger partial charge in [-0.2, -0.15) is 13.2 Å². The number of nitrogens with zero attached hydrogens (tertiary/aromatic N) is 2. The molecule has 1 aliphatic rings. The molecule has 0 bridgehead atoms. The zero-order valence-electron chi connectivity index (χ0n) is 13.4. The van der Waals surface area contributed by atoms with E-state index in [1.807, 2.05) is 31.1 Å². The number of para-hydroxylation sites is 2. The molecule has 1 atom stereocenters. The Morgan fingerprint density at radius 1 is 1.33 bits per heavy atom. The van der Waals surface area contributed by atoms with Crippen LogP contribution in [0.3, 0.4) is 0 Å². The van der Waals surface area contributed by atoms with Crippen molar-refractivity contribution in [3.63, 3.8) is 0 Å². The van der Waals surface area contributed by atoms with Crippen molar-refractivity contribution in [3.8, 4) is 0 Å². The molecule has 2 N–H and O–H groups in total. The first-order valence-corrected chi connectivity index (χ1v) is 7.34. The molecule has 0 unspecified atom stereocenters. The van der Waals surface area contributed by atoms with Gasteiger partial charge in [0.2, 0.25) is 5.91 Å². The van der Waals surface area contributed by atoms with Gasteiger partial charge in [-0.3, -0.25) is 4.79 Å². The number of amides is 3. The minimum atomic E-state index is -4.45. The van der Waals surface area contributed by atoms with Gasteiger partial charge >= 0.3 is 12.2 Å². The van der Waals surface area contributed by atoms with Crippen LogP contribution in [-0.4, -0.2) is 56.2 Å². The number of benzene rings is 1. The minimum Gasteiger partial charge on any atom is -0.376 e. The van der Waals surface area contributed by atoms with Crippen LogP contribution in [0.4, 0.5) is 29.3 Å². The molecule has 0 aromatic heterocycles. The second-order valence-electron chi connectivity index (χ2n) is 5.80. The van der Waals surface area contributed by atoms with Gasteiger partial charge in [0.05, 0.1) is 17.4 Å². The molecule has 0 saturated carbocycles. The van der Waals surface area contributed by atoms with Crippen molar-refractivity contribution < 1.29 is 22.8 Å². The van der Waals surface area contributed by atoms with E-state index in [1.165, 1.54) is 0 Å². The third kappa shape index (κ3) is 4.77. The molecule has 1 heterocycles. The van der Waals surface area contributed by atoms with Crippen LogP contribution in [0.25, 0.3) is 0 Å². The smallest absolute Gasteiger partial charge is 0.376 e. The second kappa shape index (κ2) is 6.98. The number of carbonyl (C=O) groups is 2. The fourth-order valence-corrected chi connectivity index (χ4v) is 2.55. The molecule has 3 amide bonds. The highest BCUT2D eigenvalue weighted by Crippen LogP contribution is 2.24. The molecule has 0 aliphatic carbocycles. The fourth-order valence-electron chi connectivity index (χ4n) is 2.55. The Hall–Kier alpha value is -2.45. The largest absolute Gasteiger partial charge is 0.406 e. The Labute approximate surface area is 137 Å². The van der Waals surface area contributed by atoms with Gasteiger partial charge in [0, 0.05) is 27.1 Å². The molecule has 1 fully saturated rings. The van der Waals surface area contributed by atoms with Gasteiger partial charge in [-0.15, -0.1) is 0 Å². The van der Waals surface area contributed by atoms with Crippen molar-refractivity contribution in [1.29, 1.82) is 0 Å². The number of hydrogen-bond acceptors (Lipinski definition) is 3. The van der Waals surface area contributed by atoms with Gasteiger partial charge in [-0.05, 0) is 12.1 Å². The quantitative estimate of drug-likeness (QED) is 0.879. The van der Waals surface area contributed by atoms with Crippen molar-refractivity contribution >= 4 is 23.3 Å². The van der Waals surface area contributed by atoms with E-state index in [0.717, 1.165) is 5.69 Å². The summed E-state index contributed by atoms with van der Waals surface area (Å²) in [5, 5.41) is 5.19. The van der Waals surface area contributed by atoms with Crippen LogP contribution in [0.5, 0.6) is 0 Å². The Bertz CT molecular complexity index is 619. The molecule has 24 heavy (non-hydrogen) atoms. The fraction of sp³-hybridized carbons (Fsp3) is 0.467. The maximum atomic E-state index is 12.4. The Balaban J connectivity index is 1.93. The number of halogens is 3. The van der Waals surface area contributed by atoms with Crippen LogP contribution in [-0.2, 0) is 4.79 Å². The Kier molecular flexibility index (Phi) is 5.20. The van der Waals surface area contributed by atoms with E-state index in [2.05, 4.69) is 10.6 Å². The van der Waals surface area contributed by atoms with Crippen molar-refractivity contribution in [2.45, 2.75) is 18.6 Å². The number of anilines is 2. The second-order valence-corrected chi connectivity index (χ2v) is 5.80. The lowest BCUT2D eigenvalue weighted by atomic mass is 10.2. The number of likely N-dealkylation sites (tertiary alicyclic amines) is 1. The zero-order chi connectivity index (χ0) is 17.9. The normalized spacial score (nSPS) is 17.8. The lowest BCUT2D eigenvalue weighted by Crippen LogP contribution is -2.41. The predicted molar refractivity (Wildman–Crippen MR) is 84.0 cm³/mol. The van der Waals surface area contributed by atoms with E-state index in [0.29, 0.717) is 10.6 Å². The van der Waals surface area contributed by atoms with Gasteiger partial charge in [0.1, 0.15) is 6.54 Å². The molecular weight excluding hydrogens is 325 g/mol. The third-order valence-electron chi connectivity index (χ3n) is 3.55. The summed E-state index contributed by atoms with van der Waals surface area (Å²) < 4.78 is 37.1. The van der Waals surface area contributed by atoms with Gasteiger partial charge in [-0.1, -0.05) is 12.1 Å². The summed E-state index contributed by atoms with van der Waals surface area (Å²) in [6.07, 6.45) is -4.59. The molecule has 1 saturated heterocycles. The monoisotopic (exact) mass is 344 g/mol. The number of hydrogen-bond donors (Lipinski definition) is 2. The summed E-state index contributed by atoms with van der Waals surface area (Å²) in [6.45, 7) is -1.45. The average molecular weight is 344 g/mol. The number of nitrogens with one attached hydrogen (secondary N) is 2. The first-order chi connectivity index (χ1) is 11.2. The molecule has 1 aliphatic heterocycles. The SMILES string of the molecule is CN(C)c1ccccc1NC(=O)N[C@H]1CC(=O)N(CC(F)(F)F)C1. The topological polar surface area (TPSA) is 64.7 Å². The molecule has 0 spiro atoms. The molecule has 1 aromatic rings. The Morgan fingerprint density at radius 2 is 2.00 bits per heavy atom. The van der Waals surface area contributed by atoms with E-state index in [1.54, 1.807) is 12.1 Å². The van der Waals surface area contributed by atoms with Crippen LogP contribution in [0, 0.1) is 0 Å². The highest BCUT2D eigenvalue weighted by Gasteiger charge is 2.38. The first-order valence-electron chi connectivity index (χ1n) is 7.34. The molecule has 9 heteroatoms. The standard InChI is InChI=1S/C15H19F3N4O2/c1-21(2)12-6-4-3-5-11(12)20-14(24)19-10-7-13(23)22(8-10)9-15(16,17)18/h3-6,10H,7-9H2,1-2H3,(H2,19,20,24)/t10-/m0/s1. The minimum absolute atomic E-state index is 0.140. The van der Waals surface area contributed by atoms with Crippen LogP contribution >= 0.6 is 0 Å². The van der Waals surface area contributed by atoms with Crippen LogP contribution in [0.15, 0.2) is 24.3 Å². The maximum absolute atomic E-state index is 12.4. The lowest BCUT2D eigenvalue weighted by Gasteiger charge is -2.20. The van der Waals surface area contributed by atoms with E-state index in [9.17, 15) is 22.8 Å². The van der Waals surface area contributed by atoms with E-state index < -0.39 is 30.7 Å². The summed E-state index contributed by atoms with van der Waals surface area (Å²) in [7, 11) is 3.64. The molecule has 6 nitrogen and oxygen atoms in total. The first kappa shape index (κ1) is 17.9. The summed E-state index contributed by atoms with van der Waals surface area (Å²) in [4.78, 5) is 26.2. The van der Waals surface area contributed by atoms with Gasteiger partial charge < -0.3 is 20.4 Å². The number of rotatable bonds is 4.